The third-order valence-corrected chi connectivity index (χ3v) is 5.51. The van der Waals surface area contributed by atoms with Gasteiger partial charge in [0.25, 0.3) is 5.91 Å². The molecule has 3 rings (SSSR count). The van der Waals surface area contributed by atoms with Crippen LogP contribution in [-0.2, 0) is 14.3 Å². The summed E-state index contributed by atoms with van der Waals surface area (Å²) >= 11 is 0. The van der Waals surface area contributed by atoms with Crippen LogP contribution in [-0.4, -0.2) is 18.5 Å². The Balaban J connectivity index is 1.56. The van der Waals surface area contributed by atoms with E-state index >= 15 is 0 Å². The molecule has 0 unspecified atom stereocenters. The zero-order valence-corrected chi connectivity index (χ0v) is 18.1. The van der Waals surface area contributed by atoms with Crippen molar-refractivity contribution in [2.24, 2.45) is 0 Å². The molecule has 0 aliphatic heterocycles. The Labute approximate surface area is 184 Å². The molecule has 3 aromatic carbocycles. The number of benzene rings is 3. The van der Waals surface area contributed by atoms with Gasteiger partial charge in [-0.1, -0.05) is 86.6 Å². The van der Waals surface area contributed by atoms with Crippen LogP contribution in [0.15, 0.2) is 84.9 Å². The van der Waals surface area contributed by atoms with Crippen LogP contribution in [0.1, 0.15) is 55.2 Å². The van der Waals surface area contributed by atoms with Crippen molar-refractivity contribution in [3.05, 3.63) is 102 Å². The van der Waals surface area contributed by atoms with E-state index < -0.39 is 5.97 Å². The Morgan fingerprint density at radius 1 is 0.806 bits per heavy atom. The molecule has 0 aliphatic rings. The summed E-state index contributed by atoms with van der Waals surface area (Å²) < 4.78 is 5.28. The number of hydrogen-bond donors (Lipinski definition) is 1. The summed E-state index contributed by atoms with van der Waals surface area (Å²) in [5, 5.41) is 2.78. The molecule has 160 valence electrons. The van der Waals surface area contributed by atoms with E-state index in [4.69, 9.17) is 4.74 Å². The topological polar surface area (TPSA) is 55.4 Å². The summed E-state index contributed by atoms with van der Waals surface area (Å²) in [6.07, 6.45) is 1.24. The van der Waals surface area contributed by atoms with Crippen LogP contribution in [0.3, 0.4) is 0 Å². The Kier molecular flexibility index (Phi) is 7.99. The lowest BCUT2D eigenvalue weighted by Gasteiger charge is -2.17. The average molecular weight is 416 g/mol. The number of amides is 1. The first-order valence-electron chi connectivity index (χ1n) is 10.7. The number of ether oxygens (including phenoxy) is 1. The van der Waals surface area contributed by atoms with Crippen LogP contribution in [0.2, 0.25) is 0 Å². The number of rotatable bonds is 9. The van der Waals surface area contributed by atoms with Crippen molar-refractivity contribution in [3.63, 3.8) is 0 Å². The van der Waals surface area contributed by atoms with Gasteiger partial charge in [-0.15, -0.1) is 0 Å². The van der Waals surface area contributed by atoms with Gasteiger partial charge in [0, 0.05) is 11.6 Å². The maximum atomic E-state index is 12.5. The quantitative estimate of drug-likeness (QED) is 0.442. The van der Waals surface area contributed by atoms with Crippen molar-refractivity contribution in [3.8, 4) is 0 Å². The summed E-state index contributed by atoms with van der Waals surface area (Å²) in [5.74, 6) is -0.389. The van der Waals surface area contributed by atoms with E-state index in [1.54, 1.807) is 0 Å². The van der Waals surface area contributed by atoms with Crippen LogP contribution in [0, 0.1) is 0 Å². The van der Waals surface area contributed by atoms with Crippen LogP contribution < -0.4 is 5.32 Å². The van der Waals surface area contributed by atoms with Gasteiger partial charge in [-0.25, -0.2) is 0 Å². The highest BCUT2D eigenvalue weighted by atomic mass is 16.5. The lowest BCUT2D eigenvalue weighted by atomic mass is 9.89. The van der Waals surface area contributed by atoms with Crippen molar-refractivity contribution >= 4 is 17.6 Å². The molecule has 0 bridgehead atoms. The van der Waals surface area contributed by atoms with Crippen LogP contribution >= 0.6 is 0 Å². The van der Waals surface area contributed by atoms with Gasteiger partial charge in [0.2, 0.25) is 0 Å². The Hall–Kier alpha value is -3.40. The molecule has 0 fully saturated rings. The first-order chi connectivity index (χ1) is 15.1. The number of anilines is 1. The predicted octanol–water partition coefficient (Wildman–Crippen LogP) is 5.90. The van der Waals surface area contributed by atoms with E-state index in [-0.39, 0.29) is 24.9 Å². The largest absolute Gasteiger partial charge is 0.456 e. The van der Waals surface area contributed by atoms with Crippen molar-refractivity contribution in [1.82, 2.24) is 0 Å². The minimum Gasteiger partial charge on any atom is -0.456 e. The van der Waals surface area contributed by atoms with Crippen LogP contribution in [0.5, 0.6) is 0 Å². The number of esters is 1. The van der Waals surface area contributed by atoms with Crippen molar-refractivity contribution in [1.29, 1.82) is 0 Å². The van der Waals surface area contributed by atoms with Gasteiger partial charge in [0.05, 0.1) is 6.42 Å². The van der Waals surface area contributed by atoms with E-state index in [0.29, 0.717) is 11.6 Å². The van der Waals surface area contributed by atoms with Crippen molar-refractivity contribution in [2.75, 3.05) is 11.9 Å². The van der Waals surface area contributed by atoms with Gasteiger partial charge in [0.15, 0.2) is 6.61 Å². The predicted molar refractivity (Wildman–Crippen MR) is 124 cm³/mol. The highest BCUT2D eigenvalue weighted by Gasteiger charge is 2.19. The molecule has 0 spiro atoms. The zero-order chi connectivity index (χ0) is 22.1. The van der Waals surface area contributed by atoms with Gasteiger partial charge < -0.3 is 10.1 Å². The second kappa shape index (κ2) is 11.1. The number of hydrogen-bond acceptors (Lipinski definition) is 3. The molecular formula is C27H29NO3. The van der Waals surface area contributed by atoms with E-state index in [9.17, 15) is 9.59 Å². The van der Waals surface area contributed by atoms with Crippen LogP contribution in [0.4, 0.5) is 5.69 Å². The first kappa shape index (κ1) is 22.3. The third kappa shape index (κ3) is 6.54. The molecule has 1 atom stereocenters. The van der Waals surface area contributed by atoms with Gasteiger partial charge in [-0.05, 0) is 41.2 Å². The van der Waals surface area contributed by atoms with E-state index in [1.165, 1.54) is 5.56 Å². The molecule has 0 heterocycles. The normalized spacial score (nSPS) is 11.7. The second-order valence-electron chi connectivity index (χ2n) is 7.72. The second-order valence-corrected chi connectivity index (χ2v) is 7.72. The van der Waals surface area contributed by atoms with E-state index in [1.807, 2.05) is 84.9 Å². The van der Waals surface area contributed by atoms with E-state index in [0.717, 1.165) is 17.5 Å². The lowest BCUT2D eigenvalue weighted by Crippen LogP contribution is -2.22. The molecule has 4 nitrogen and oxygen atoms in total. The van der Waals surface area contributed by atoms with Gasteiger partial charge in [-0.3, -0.25) is 9.59 Å². The fourth-order valence-corrected chi connectivity index (χ4v) is 3.50. The minimum absolute atomic E-state index is 0.119. The SMILES string of the molecule is CC[C@H](C)c1ccc(NC(=O)COC(=O)CC(c2ccccc2)c2ccccc2)cc1. The molecule has 1 N–H and O–H groups in total. The first-order valence-corrected chi connectivity index (χ1v) is 10.7. The van der Waals surface area contributed by atoms with Crippen molar-refractivity contribution < 1.29 is 14.3 Å². The Bertz CT molecular complexity index is 929. The molecule has 0 saturated heterocycles. The summed E-state index contributed by atoms with van der Waals surface area (Å²) in [6, 6.07) is 27.5. The molecular weight excluding hydrogens is 386 g/mol. The molecule has 1 amide bonds. The van der Waals surface area contributed by atoms with Gasteiger partial charge in [-0.2, -0.15) is 0 Å². The number of carbonyl (C=O) groups is 2. The zero-order valence-electron chi connectivity index (χ0n) is 18.1. The average Bonchev–Trinajstić information content (AvgIpc) is 2.82. The highest BCUT2D eigenvalue weighted by molar-refractivity contribution is 5.92. The fraction of sp³-hybridized carbons (Fsp3) is 0.259. The highest BCUT2D eigenvalue weighted by Crippen LogP contribution is 2.28. The van der Waals surface area contributed by atoms with E-state index in [2.05, 4.69) is 19.2 Å². The third-order valence-electron chi connectivity index (χ3n) is 5.51. The molecule has 31 heavy (non-hydrogen) atoms. The summed E-state index contributed by atoms with van der Waals surface area (Å²) in [5.41, 5.74) is 4.01. The molecule has 3 aromatic rings. The lowest BCUT2D eigenvalue weighted by molar-refractivity contribution is -0.147. The Morgan fingerprint density at radius 2 is 1.35 bits per heavy atom. The minimum atomic E-state index is -0.403. The molecule has 0 aliphatic carbocycles. The van der Waals surface area contributed by atoms with Crippen LogP contribution in [0.25, 0.3) is 0 Å². The smallest absolute Gasteiger partial charge is 0.307 e. The summed E-state index contributed by atoms with van der Waals surface area (Å²) in [4.78, 5) is 24.7. The maximum absolute atomic E-state index is 12.5. The molecule has 0 radical (unpaired) electrons. The van der Waals surface area contributed by atoms with Crippen molar-refractivity contribution in [2.45, 2.75) is 38.5 Å². The number of nitrogens with one attached hydrogen (secondary N) is 1. The summed E-state index contributed by atoms with van der Waals surface area (Å²) in [7, 11) is 0. The fourth-order valence-electron chi connectivity index (χ4n) is 3.50. The number of carbonyl (C=O) groups excluding carboxylic acids is 2. The van der Waals surface area contributed by atoms with Gasteiger partial charge >= 0.3 is 5.97 Å². The Morgan fingerprint density at radius 3 is 1.87 bits per heavy atom. The monoisotopic (exact) mass is 415 g/mol. The molecule has 0 aromatic heterocycles. The maximum Gasteiger partial charge on any atom is 0.307 e. The standard InChI is InChI=1S/C27H29NO3/c1-3-20(2)21-14-16-24(17-15-21)28-26(29)19-31-27(30)18-25(22-10-6-4-7-11-22)23-12-8-5-9-13-23/h4-17,20,25H,3,18-19H2,1-2H3,(H,28,29)/t20-/m0/s1. The van der Waals surface area contributed by atoms with Gasteiger partial charge in [0.1, 0.15) is 0 Å². The molecule has 4 heteroatoms. The molecule has 0 saturated carbocycles. The summed E-state index contributed by atoms with van der Waals surface area (Å²) in [6.45, 7) is 4.02.